The summed E-state index contributed by atoms with van der Waals surface area (Å²) in [7, 11) is 1.46. The summed E-state index contributed by atoms with van der Waals surface area (Å²) in [5.74, 6) is -0.651. The van der Waals surface area contributed by atoms with Gasteiger partial charge < -0.3 is 9.84 Å². The summed E-state index contributed by atoms with van der Waals surface area (Å²) in [5, 5.41) is 26.3. The van der Waals surface area contributed by atoms with Crippen LogP contribution >= 0.6 is 0 Å². The first-order valence-electron chi connectivity index (χ1n) is 7.88. The van der Waals surface area contributed by atoms with Gasteiger partial charge in [-0.15, -0.1) is 0 Å². The second kappa shape index (κ2) is 7.52. The molecule has 0 spiro atoms. The molecule has 27 heavy (non-hydrogen) atoms. The Bertz CT molecular complexity index is 1060. The predicted octanol–water partition coefficient (Wildman–Crippen LogP) is 3.23. The van der Waals surface area contributed by atoms with Crippen molar-refractivity contribution in [3.63, 3.8) is 0 Å². The third-order valence-corrected chi connectivity index (χ3v) is 3.92. The van der Waals surface area contributed by atoms with E-state index in [2.05, 4.69) is 10.5 Å². The Balaban J connectivity index is 1.84. The molecule has 3 aromatic carbocycles. The van der Waals surface area contributed by atoms with Crippen LogP contribution < -0.4 is 10.2 Å². The molecule has 0 saturated carbocycles. The number of methoxy groups -OCH3 is 1. The minimum atomic E-state index is -0.703. The van der Waals surface area contributed by atoms with Gasteiger partial charge in [-0.25, -0.2) is 5.43 Å². The average Bonchev–Trinajstić information content (AvgIpc) is 2.67. The Morgan fingerprint density at radius 2 is 1.89 bits per heavy atom. The molecule has 0 bridgehead atoms. The topological polar surface area (TPSA) is 114 Å². The monoisotopic (exact) mass is 365 g/mol. The van der Waals surface area contributed by atoms with Crippen molar-refractivity contribution < 1.29 is 19.6 Å². The van der Waals surface area contributed by atoms with Gasteiger partial charge in [-0.2, -0.15) is 5.10 Å². The number of benzene rings is 3. The third-order valence-electron chi connectivity index (χ3n) is 3.92. The van der Waals surface area contributed by atoms with Gasteiger partial charge in [-0.3, -0.25) is 14.9 Å². The number of nitrogens with zero attached hydrogens (tertiary/aromatic N) is 2. The van der Waals surface area contributed by atoms with Crippen molar-refractivity contribution in [1.82, 2.24) is 5.43 Å². The molecule has 136 valence electrons. The van der Waals surface area contributed by atoms with Crippen LogP contribution in [0, 0.1) is 10.1 Å². The van der Waals surface area contributed by atoms with Crippen LogP contribution in [0.15, 0.2) is 59.7 Å². The van der Waals surface area contributed by atoms with Gasteiger partial charge in [0.25, 0.3) is 5.91 Å². The number of nitro groups is 1. The van der Waals surface area contributed by atoms with Gasteiger partial charge in [0, 0.05) is 11.6 Å². The van der Waals surface area contributed by atoms with E-state index in [9.17, 15) is 20.0 Å². The van der Waals surface area contributed by atoms with E-state index in [1.165, 1.54) is 25.3 Å². The molecule has 0 unspecified atom stereocenters. The number of nitrogens with one attached hydrogen (secondary N) is 1. The van der Waals surface area contributed by atoms with Crippen molar-refractivity contribution in [2.24, 2.45) is 5.10 Å². The minimum absolute atomic E-state index is 0.106. The van der Waals surface area contributed by atoms with Crippen molar-refractivity contribution in [2.45, 2.75) is 0 Å². The summed E-state index contributed by atoms with van der Waals surface area (Å²) < 4.78 is 5.27. The van der Waals surface area contributed by atoms with Crippen LogP contribution in [0.1, 0.15) is 15.9 Å². The highest BCUT2D eigenvalue weighted by molar-refractivity contribution is 6.02. The van der Waals surface area contributed by atoms with Crippen LogP contribution in [-0.2, 0) is 0 Å². The number of para-hydroxylation sites is 1. The fraction of sp³-hybridized carbons (Fsp3) is 0.0526. The number of hydrogen-bond acceptors (Lipinski definition) is 6. The maximum absolute atomic E-state index is 12.4. The van der Waals surface area contributed by atoms with Gasteiger partial charge in [0.15, 0.2) is 0 Å². The number of phenolic OH excluding ortho intramolecular Hbond substituents is 1. The predicted molar refractivity (Wildman–Crippen MR) is 100 cm³/mol. The molecular weight excluding hydrogens is 350 g/mol. The number of fused-ring (bicyclic) bond motifs is 1. The normalized spacial score (nSPS) is 10.9. The molecule has 8 nitrogen and oxygen atoms in total. The standard InChI is InChI=1S/C19H15N3O5/c1-27-17-10-13-6-3-2-5-12(13)9-15(17)19(24)21-20-11-14-7-4-8-16(18(14)23)22(25)26/h2-11,23H,1H3,(H,21,24). The lowest BCUT2D eigenvalue weighted by Crippen LogP contribution is -2.18. The molecule has 3 aromatic rings. The van der Waals surface area contributed by atoms with Crippen LogP contribution in [-0.4, -0.2) is 29.3 Å². The van der Waals surface area contributed by atoms with E-state index in [0.717, 1.165) is 17.0 Å². The number of nitro benzene ring substituents is 1. The Labute approximate surface area is 153 Å². The summed E-state index contributed by atoms with van der Waals surface area (Å²) >= 11 is 0. The van der Waals surface area contributed by atoms with Crippen molar-refractivity contribution in [1.29, 1.82) is 0 Å². The number of carbonyl (C=O) groups excluding carboxylic acids is 1. The van der Waals surface area contributed by atoms with E-state index in [1.54, 1.807) is 12.1 Å². The molecule has 8 heteroatoms. The molecule has 2 N–H and O–H groups in total. The Morgan fingerprint density at radius 1 is 1.19 bits per heavy atom. The quantitative estimate of drug-likeness (QED) is 0.409. The molecular formula is C19H15N3O5. The molecule has 0 heterocycles. The lowest BCUT2D eigenvalue weighted by molar-refractivity contribution is -0.385. The maximum Gasteiger partial charge on any atom is 0.311 e. The maximum atomic E-state index is 12.4. The first-order valence-corrected chi connectivity index (χ1v) is 7.88. The highest BCUT2D eigenvalue weighted by atomic mass is 16.6. The highest BCUT2D eigenvalue weighted by Gasteiger charge is 2.16. The summed E-state index contributed by atoms with van der Waals surface area (Å²) in [6.07, 6.45) is 1.13. The Hall–Kier alpha value is -3.94. The second-order valence-corrected chi connectivity index (χ2v) is 5.57. The van der Waals surface area contributed by atoms with Crippen LogP contribution in [0.5, 0.6) is 11.5 Å². The largest absolute Gasteiger partial charge is 0.502 e. The number of rotatable bonds is 5. The zero-order chi connectivity index (χ0) is 19.4. The summed E-state index contributed by atoms with van der Waals surface area (Å²) in [4.78, 5) is 22.6. The number of amides is 1. The smallest absolute Gasteiger partial charge is 0.311 e. The van der Waals surface area contributed by atoms with Gasteiger partial charge in [0.2, 0.25) is 5.75 Å². The molecule has 0 radical (unpaired) electrons. The van der Waals surface area contributed by atoms with Crippen molar-refractivity contribution in [2.75, 3.05) is 7.11 Å². The van der Waals surface area contributed by atoms with Crippen molar-refractivity contribution >= 4 is 28.6 Å². The zero-order valence-electron chi connectivity index (χ0n) is 14.2. The number of aromatic hydroxyl groups is 1. The highest BCUT2D eigenvalue weighted by Crippen LogP contribution is 2.28. The summed E-state index contributed by atoms with van der Waals surface area (Å²) in [6, 6.07) is 15.0. The van der Waals surface area contributed by atoms with Gasteiger partial charge in [-0.1, -0.05) is 30.3 Å². The first kappa shape index (κ1) is 17.9. The zero-order valence-corrected chi connectivity index (χ0v) is 14.2. The minimum Gasteiger partial charge on any atom is -0.502 e. The Morgan fingerprint density at radius 3 is 2.56 bits per heavy atom. The van der Waals surface area contributed by atoms with Crippen LogP contribution in [0.25, 0.3) is 10.8 Å². The average molecular weight is 365 g/mol. The summed E-state index contributed by atoms with van der Waals surface area (Å²) in [5.41, 5.74) is 2.28. The fourth-order valence-electron chi connectivity index (χ4n) is 2.59. The number of ether oxygens (including phenoxy) is 1. The summed E-state index contributed by atoms with van der Waals surface area (Å²) in [6.45, 7) is 0. The molecule has 0 aliphatic carbocycles. The molecule has 1 amide bonds. The first-order chi connectivity index (χ1) is 13.0. The van der Waals surface area contributed by atoms with Crippen molar-refractivity contribution in [3.05, 3.63) is 75.8 Å². The molecule has 0 saturated heterocycles. The van der Waals surface area contributed by atoms with Crippen LogP contribution in [0.3, 0.4) is 0 Å². The SMILES string of the molecule is COc1cc2ccccc2cc1C(=O)NN=Cc1cccc([N+](=O)[O-])c1O. The lowest BCUT2D eigenvalue weighted by Gasteiger charge is -2.09. The lowest BCUT2D eigenvalue weighted by atomic mass is 10.1. The van der Waals surface area contributed by atoms with E-state index < -0.39 is 22.3 Å². The number of hydrogen-bond donors (Lipinski definition) is 2. The molecule has 0 aliphatic rings. The van der Waals surface area contributed by atoms with E-state index in [-0.39, 0.29) is 11.1 Å². The number of phenols is 1. The van der Waals surface area contributed by atoms with Gasteiger partial charge in [0.05, 0.1) is 23.8 Å². The van der Waals surface area contributed by atoms with E-state index >= 15 is 0 Å². The number of hydrazone groups is 1. The van der Waals surface area contributed by atoms with Crippen LogP contribution in [0.4, 0.5) is 5.69 Å². The van der Waals surface area contributed by atoms with Crippen molar-refractivity contribution in [3.8, 4) is 11.5 Å². The van der Waals surface area contributed by atoms with E-state index in [0.29, 0.717) is 5.75 Å². The van der Waals surface area contributed by atoms with Crippen LogP contribution in [0.2, 0.25) is 0 Å². The van der Waals surface area contributed by atoms with Gasteiger partial charge in [0.1, 0.15) is 5.75 Å². The second-order valence-electron chi connectivity index (χ2n) is 5.57. The number of carbonyl (C=O) groups is 1. The van der Waals surface area contributed by atoms with E-state index in [4.69, 9.17) is 4.74 Å². The molecule has 0 aromatic heterocycles. The molecule has 3 rings (SSSR count). The van der Waals surface area contributed by atoms with Gasteiger partial charge >= 0.3 is 5.69 Å². The molecule has 0 atom stereocenters. The Kier molecular flexibility index (Phi) is 4.98. The fourth-order valence-corrected chi connectivity index (χ4v) is 2.59. The molecule has 0 fully saturated rings. The third kappa shape index (κ3) is 3.69. The molecule has 0 aliphatic heterocycles. The van der Waals surface area contributed by atoms with E-state index in [1.807, 2.05) is 24.3 Å². The van der Waals surface area contributed by atoms with Gasteiger partial charge in [-0.05, 0) is 29.0 Å².